The molecule has 0 radical (unpaired) electrons. The van der Waals surface area contributed by atoms with Crippen LogP contribution in [0.2, 0.25) is 5.02 Å². The van der Waals surface area contributed by atoms with Crippen molar-refractivity contribution in [1.29, 1.82) is 0 Å². The van der Waals surface area contributed by atoms with Gasteiger partial charge in [-0.3, -0.25) is 10.0 Å². The molecule has 21 heavy (non-hydrogen) atoms. The van der Waals surface area contributed by atoms with Gasteiger partial charge in [0.05, 0.1) is 11.4 Å². The highest BCUT2D eigenvalue weighted by Crippen LogP contribution is 2.26. The van der Waals surface area contributed by atoms with Crippen molar-refractivity contribution in [1.82, 2.24) is 5.06 Å². The monoisotopic (exact) mass is 305 g/mol. The number of hydroxylamine groups is 2. The third-order valence-electron chi connectivity index (χ3n) is 2.95. The third-order valence-corrected chi connectivity index (χ3v) is 3.25. The van der Waals surface area contributed by atoms with Gasteiger partial charge in [0.15, 0.2) is 0 Å². The summed E-state index contributed by atoms with van der Waals surface area (Å²) in [6.45, 7) is 0.429. The first-order chi connectivity index (χ1) is 10.1. The summed E-state index contributed by atoms with van der Waals surface area (Å²) in [5.41, 5.74) is 1.77. The lowest BCUT2D eigenvalue weighted by Gasteiger charge is -2.11. The predicted octanol–water partition coefficient (Wildman–Crippen LogP) is 3.31. The minimum absolute atomic E-state index is 0.0890. The first-order valence-electron chi connectivity index (χ1n) is 6.47. The van der Waals surface area contributed by atoms with Gasteiger partial charge in [0.2, 0.25) is 5.91 Å². The average molecular weight is 306 g/mol. The van der Waals surface area contributed by atoms with Crippen LogP contribution < -0.4 is 4.74 Å². The van der Waals surface area contributed by atoms with Gasteiger partial charge in [-0.15, -0.1) is 0 Å². The molecular weight excluding hydrogens is 290 g/mol. The molecule has 5 heteroatoms. The molecule has 1 amide bonds. The molecule has 0 saturated heterocycles. The summed E-state index contributed by atoms with van der Waals surface area (Å²) in [7, 11) is 1.29. The summed E-state index contributed by atoms with van der Waals surface area (Å²) in [5.74, 6) is 0.165. The summed E-state index contributed by atoms with van der Waals surface area (Å²) >= 11 is 6.15. The number of nitrogens with zero attached hydrogens (tertiary/aromatic N) is 1. The van der Waals surface area contributed by atoms with E-state index in [1.165, 1.54) is 7.05 Å². The molecule has 0 aliphatic heterocycles. The number of amides is 1. The minimum Gasteiger partial charge on any atom is -0.487 e. The van der Waals surface area contributed by atoms with E-state index in [9.17, 15) is 4.79 Å². The van der Waals surface area contributed by atoms with Crippen LogP contribution in [0.1, 0.15) is 11.1 Å². The molecule has 2 aromatic carbocycles. The van der Waals surface area contributed by atoms with E-state index in [-0.39, 0.29) is 6.42 Å². The van der Waals surface area contributed by atoms with Gasteiger partial charge in [-0.2, -0.15) is 0 Å². The topological polar surface area (TPSA) is 49.8 Å². The van der Waals surface area contributed by atoms with Crippen molar-refractivity contribution in [2.24, 2.45) is 0 Å². The lowest BCUT2D eigenvalue weighted by Crippen LogP contribution is -2.24. The second-order valence-electron chi connectivity index (χ2n) is 4.63. The molecule has 0 spiro atoms. The Hall–Kier alpha value is -2.04. The zero-order chi connectivity index (χ0) is 15.2. The van der Waals surface area contributed by atoms with Gasteiger partial charge in [0.25, 0.3) is 0 Å². The normalized spacial score (nSPS) is 10.2. The second kappa shape index (κ2) is 7.11. The van der Waals surface area contributed by atoms with E-state index in [0.717, 1.165) is 11.1 Å². The van der Waals surface area contributed by atoms with Crippen molar-refractivity contribution in [2.75, 3.05) is 7.05 Å². The maximum absolute atomic E-state index is 11.4. The highest BCUT2D eigenvalue weighted by atomic mass is 35.5. The highest BCUT2D eigenvalue weighted by molar-refractivity contribution is 6.32. The van der Waals surface area contributed by atoms with Gasteiger partial charge in [-0.05, 0) is 23.3 Å². The molecule has 4 nitrogen and oxygen atoms in total. The maximum atomic E-state index is 11.4. The maximum Gasteiger partial charge on any atom is 0.250 e. The van der Waals surface area contributed by atoms with Crippen LogP contribution in [0.25, 0.3) is 0 Å². The molecule has 0 aliphatic rings. The number of ether oxygens (including phenoxy) is 1. The average Bonchev–Trinajstić information content (AvgIpc) is 2.47. The van der Waals surface area contributed by atoms with Crippen LogP contribution in [0.5, 0.6) is 5.75 Å². The van der Waals surface area contributed by atoms with E-state index in [2.05, 4.69) is 0 Å². The number of halogens is 1. The number of rotatable bonds is 5. The lowest BCUT2D eigenvalue weighted by atomic mass is 10.1. The largest absolute Gasteiger partial charge is 0.487 e. The zero-order valence-electron chi connectivity index (χ0n) is 11.6. The summed E-state index contributed by atoms with van der Waals surface area (Å²) in [6, 6.07) is 14.9. The van der Waals surface area contributed by atoms with E-state index >= 15 is 0 Å². The molecule has 0 saturated carbocycles. The predicted molar refractivity (Wildman–Crippen MR) is 80.5 cm³/mol. The van der Waals surface area contributed by atoms with Crippen LogP contribution in [0.3, 0.4) is 0 Å². The number of hydrogen-bond donors (Lipinski definition) is 1. The zero-order valence-corrected chi connectivity index (χ0v) is 12.4. The Labute approximate surface area is 128 Å². The molecule has 0 bridgehead atoms. The molecule has 0 aliphatic carbocycles. The molecule has 0 unspecified atom stereocenters. The van der Waals surface area contributed by atoms with Crippen LogP contribution in [0.15, 0.2) is 48.5 Å². The Morgan fingerprint density at radius 1 is 1.19 bits per heavy atom. The van der Waals surface area contributed by atoms with Crippen LogP contribution in [-0.2, 0) is 17.8 Å². The van der Waals surface area contributed by atoms with E-state index < -0.39 is 5.91 Å². The Bertz CT molecular complexity index is 614. The fraction of sp³-hybridized carbons (Fsp3) is 0.188. The SMILES string of the molecule is CN(O)C(=O)Cc1ccc(OCc2ccccc2)c(Cl)c1. The number of carbonyl (C=O) groups excluding carboxylic acids is 1. The van der Waals surface area contributed by atoms with E-state index in [1.54, 1.807) is 18.2 Å². The minimum atomic E-state index is -0.399. The third kappa shape index (κ3) is 4.48. The molecule has 2 rings (SSSR count). The molecular formula is C16H16ClNO3. The molecule has 0 heterocycles. The first-order valence-corrected chi connectivity index (χ1v) is 6.84. The molecule has 0 aromatic heterocycles. The summed E-state index contributed by atoms with van der Waals surface area (Å²) in [6.07, 6.45) is 0.0890. The number of likely N-dealkylation sites (N-methyl/N-ethyl adjacent to an activating group) is 1. The molecule has 1 N–H and O–H groups in total. The summed E-state index contributed by atoms with van der Waals surface area (Å²) in [4.78, 5) is 11.4. The molecule has 0 fully saturated rings. The van der Waals surface area contributed by atoms with E-state index in [1.807, 2.05) is 30.3 Å². The van der Waals surface area contributed by atoms with Crippen LogP contribution >= 0.6 is 11.6 Å². The van der Waals surface area contributed by atoms with Crippen molar-refractivity contribution in [3.05, 3.63) is 64.7 Å². The van der Waals surface area contributed by atoms with Gasteiger partial charge < -0.3 is 4.74 Å². The van der Waals surface area contributed by atoms with Crippen molar-refractivity contribution >= 4 is 17.5 Å². The van der Waals surface area contributed by atoms with Crippen LogP contribution in [-0.4, -0.2) is 23.2 Å². The summed E-state index contributed by atoms with van der Waals surface area (Å²) < 4.78 is 5.65. The van der Waals surface area contributed by atoms with Gasteiger partial charge >= 0.3 is 0 Å². The molecule has 110 valence electrons. The van der Waals surface area contributed by atoms with Crippen molar-refractivity contribution < 1.29 is 14.7 Å². The highest BCUT2D eigenvalue weighted by Gasteiger charge is 2.09. The lowest BCUT2D eigenvalue weighted by molar-refractivity contribution is -0.158. The van der Waals surface area contributed by atoms with Gasteiger partial charge in [-0.1, -0.05) is 48.0 Å². The fourth-order valence-electron chi connectivity index (χ4n) is 1.80. The van der Waals surface area contributed by atoms with Crippen molar-refractivity contribution in [3.8, 4) is 5.75 Å². The Morgan fingerprint density at radius 2 is 1.90 bits per heavy atom. The number of carbonyl (C=O) groups is 1. The van der Waals surface area contributed by atoms with Crippen molar-refractivity contribution in [2.45, 2.75) is 13.0 Å². The first kappa shape index (κ1) is 15.4. The number of benzene rings is 2. The van der Waals surface area contributed by atoms with Gasteiger partial charge in [0.1, 0.15) is 12.4 Å². The second-order valence-corrected chi connectivity index (χ2v) is 5.04. The Kier molecular flexibility index (Phi) is 5.20. The fourth-order valence-corrected chi connectivity index (χ4v) is 2.05. The van der Waals surface area contributed by atoms with Gasteiger partial charge in [-0.25, -0.2) is 5.06 Å². The van der Waals surface area contributed by atoms with Crippen molar-refractivity contribution in [3.63, 3.8) is 0 Å². The summed E-state index contributed by atoms with van der Waals surface area (Å²) in [5, 5.41) is 10.0. The molecule has 0 atom stereocenters. The van der Waals surface area contributed by atoms with E-state index in [0.29, 0.717) is 22.4 Å². The quantitative estimate of drug-likeness (QED) is 0.681. The van der Waals surface area contributed by atoms with Gasteiger partial charge in [0, 0.05) is 7.05 Å². The number of hydrogen-bond acceptors (Lipinski definition) is 3. The van der Waals surface area contributed by atoms with Crippen LogP contribution in [0, 0.1) is 0 Å². The standard InChI is InChI=1S/C16H16ClNO3/c1-18(20)16(19)10-13-7-8-15(14(17)9-13)21-11-12-5-3-2-4-6-12/h2-9,20H,10-11H2,1H3. The Balaban J connectivity index is 2.01. The van der Waals surface area contributed by atoms with E-state index in [4.69, 9.17) is 21.5 Å². The van der Waals surface area contributed by atoms with Crippen LogP contribution in [0.4, 0.5) is 0 Å². The smallest absolute Gasteiger partial charge is 0.250 e. The molecule has 2 aromatic rings. The Morgan fingerprint density at radius 3 is 2.52 bits per heavy atom.